The van der Waals surface area contributed by atoms with Crippen molar-refractivity contribution in [1.29, 1.82) is 0 Å². The van der Waals surface area contributed by atoms with Gasteiger partial charge in [-0.25, -0.2) is 15.0 Å². The summed E-state index contributed by atoms with van der Waals surface area (Å²) in [6, 6.07) is 77.4. The molecular weight excluding hydrogens is 929 g/mol. The first-order valence-electron chi connectivity index (χ1n) is 25.5. The molecule has 0 N–H and O–H groups in total. The zero-order valence-electron chi connectivity index (χ0n) is 41.5. The van der Waals surface area contributed by atoms with Crippen molar-refractivity contribution in [3.05, 3.63) is 254 Å². The topological polar surface area (TPSA) is 79.2 Å². The molecule has 0 atom stereocenters. The van der Waals surface area contributed by atoms with Crippen molar-refractivity contribution in [2.24, 2.45) is 0 Å². The lowest BCUT2D eigenvalue weighted by atomic mass is 9.98. The van der Waals surface area contributed by atoms with Gasteiger partial charge in [0.05, 0.1) is 32.9 Å². The summed E-state index contributed by atoms with van der Waals surface area (Å²) in [5.41, 5.74) is 15.6. The van der Waals surface area contributed by atoms with E-state index in [0.717, 1.165) is 77.6 Å². The highest BCUT2D eigenvalue weighted by Gasteiger charge is 2.20. The monoisotopic (exact) mass is 974 g/mol. The lowest BCUT2D eigenvalue weighted by Gasteiger charge is -2.12. The van der Waals surface area contributed by atoms with Gasteiger partial charge in [0.15, 0.2) is 17.5 Å². The van der Waals surface area contributed by atoms with E-state index in [9.17, 15) is 0 Å². The molecule has 14 rings (SSSR count). The second-order valence-electron chi connectivity index (χ2n) is 18.9. The normalized spacial score (nSPS) is 12.2. The first-order valence-corrected chi connectivity index (χ1v) is 25.5. The molecular formula is C68H46N8. The highest BCUT2D eigenvalue weighted by atomic mass is 15.1. The summed E-state index contributed by atoms with van der Waals surface area (Å²) in [6.45, 7) is 6.21. The minimum atomic E-state index is 0.477. The fraction of sp³-hybridized carbons (Fsp3) is 0.0147. The van der Waals surface area contributed by atoms with E-state index in [1.54, 1.807) is 12.4 Å². The second kappa shape index (κ2) is 18.3. The molecule has 0 saturated carbocycles. The van der Waals surface area contributed by atoms with Gasteiger partial charge in [-0.05, 0) is 151 Å². The first kappa shape index (κ1) is 44.4. The van der Waals surface area contributed by atoms with Crippen LogP contribution in [0.25, 0.3) is 140 Å². The summed E-state index contributed by atoms with van der Waals surface area (Å²) in [6.07, 6.45) is 9.69. The molecule has 0 spiro atoms. The molecule has 0 amide bonds. The van der Waals surface area contributed by atoms with Gasteiger partial charge in [-0.1, -0.05) is 122 Å². The molecule has 14 aromatic rings. The Balaban J connectivity index is 0.966. The summed E-state index contributed by atoms with van der Waals surface area (Å²) in [4.78, 5) is 24.1. The number of aromatic nitrogens is 8. The molecule has 358 valence electrons. The third-order valence-electron chi connectivity index (χ3n) is 14.5. The van der Waals surface area contributed by atoms with Crippen molar-refractivity contribution in [2.75, 3.05) is 0 Å². The highest BCUT2D eigenvalue weighted by molar-refractivity contribution is 6.13. The standard InChI is InChI=1S/C68H46N8/c1-3-18-60-52(4-2)54-40-44(29-33-62(54)74(60)49-20-7-5-8-21-49)46-31-35-64-56(42-46)57-43-47(45-30-34-63-55(41-45)53-25-11-12-28-61(53)75(63)50-22-9-6-10-23-50)32-36-65(57)76(64)51-24-17-19-48(39-51)66-71-67(58-26-13-15-37-69-58)73-68(72-66)59-27-14-16-38-70-59/h3-43H,1H2,2H3/b52-4-,60-18+. The fourth-order valence-electron chi connectivity index (χ4n) is 11.1. The van der Waals surface area contributed by atoms with Crippen LogP contribution in [0.3, 0.4) is 0 Å². The molecule has 0 radical (unpaired) electrons. The summed E-state index contributed by atoms with van der Waals surface area (Å²) < 4.78 is 7.06. The van der Waals surface area contributed by atoms with Gasteiger partial charge in [0, 0.05) is 67.2 Å². The van der Waals surface area contributed by atoms with Gasteiger partial charge < -0.3 is 13.7 Å². The third-order valence-corrected chi connectivity index (χ3v) is 14.5. The Morgan fingerprint density at radius 1 is 0.355 bits per heavy atom. The number of allylic oxidation sites excluding steroid dienone is 1. The van der Waals surface area contributed by atoms with Gasteiger partial charge in [-0.3, -0.25) is 9.97 Å². The molecule has 0 fully saturated rings. The molecule has 8 aromatic carbocycles. The lowest BCUT2D eigenvalue weighted by molar-refractivity contribution is 1.04. The van der Waals surface area contributed by atoms with E-state index in [1.165, 1.54) is 32.4 Å². The molecule has 6 aromatic heterocycles. The van der Waals surface area contributed by atoms with Crippen molar-refractivity contribution >= 4 is 66.7 Å². The molecule has 0 unspecified atom stereocenters. The van der Waals surface area contributed by atoms with Gasteiger partial charge >= 0.3 is 0 Å². The van der Waals surface area contributed by atoms with Crippen LogP contribution in [0, 0.1) is 0 Å². The fourth-order valence-corrected chi connectivity index (χ4v) is 11.1. The molecule has 0 saturated heterocycles. The Morgan fingerprint density at radius 3 is 1.34 bits per heavy atom. The van der Waals surface area contributed by atoms with Gasteiger partial charge in [-0.15, -0.1) is 0 Å². The summed E-state index contributed by atoms with van der Waals surface area (Å²) in [5.74, 6) is 1.48. The smallest absolute Gasteiger partial charge is 0.182 e. The van der Waals surface area contributed by atoms with Crippen LogP contribution in [0.5, 0.6) is 0 Å². The molecule has 6 heterocycles. The number of nitrogens with zero attached hydrogens (tertiary/aromatic N) is 8. The number of benzene rings is 8. The predicted octanol–water partition coefficient (Wildman–Crippen LogP) is 14.9. The molecule has 8 heteroatoms. The van der Waals surface area contributed by atoms with Crippen molar-refractivity contribution in [3.63, 3.8) is 0 Å². The van der Waals surface area contributed by atoms with Crippen molar-refractivity contribution in [1.82, 2.24) is 38.6 Å². The Hall–Kier alpha value is -10.3. The Bertz CT molecular complexity index is 4650. The van der Waals surface area contributed by atoms with Crippen molar-refractivity contribution in [3.8, 4) is 73.7 Å². The zero-order valence-corrected chi connectivity index (χ0v) is 41.5. The molecule has 0 aliphatic heterocycles. The number of pyridine rings is 2. The maximum Gasteiger partial charge on any atom is 0.182 e. The quantitative estimate of drug-likeness (QED) is 0.144. The first-order chi connectivity index (χ1) is 37.6. The highest BCUT2D eigenvalue weighted by Crippen LogP contribution is 2.40. The SMILES string of the molecule is C=C/C=c1\c(=C/C)c2cc(-c3ccc4c(c3)c3cc(-c5ccc6c(c5)c5ccccc5n6-c5ccccc5)ccc3n4-c3cccc(-c4nc(-c5ccccn5)nc(-c5ccccn5)n4)c3)ccc2n1-c1ccccc1. The van der Waals surface area contributed by atoms with Gasteiger partial charge in [0.2, 0.25) is 0 Å². The summed E-state index contributed by atoms with van der Waals surface area (Å²) in [5, 5.41) is 8.16. The van der Waals surface area contributed by atoms with Crippen molar-refractivity contribution < 1.29 is 0 Å². The van der Waals surface area contributed by atoms with E-state index >= 15 is 0 Å². The largest absolute Gasteiger partial charge is 0.309 e. The maximum absolute atomic E-state index is 5.03. The number of hydrogen-bond donors (Lipinski definition) is 0. The number of fused-ring (bicyclic) bond motifs is 7. The lowest BCUT2D eigenvalue weighted by Crippen LogP contribution is -2.27. The Morgan fingerprint density at radius 2 is 0.803 bits per heavy atom. The van der Waals surface area contributed by atoms with E-state index in [4.69, 9.17) is 15.0 Å². The van der Waals surface area contributed by atoms with Gasteiger partial charge in [0.25, 0.3) is 0 Å². The maximum atomic E-state index is 5.03. The van der Waals surface area contributed by atoms with Crippen LogP contribution in [0.2, 0.25) is 0 Å². The molecule has 0 bridgehead atoms. The van der Waals surface area contributed by atoms with Crippen LogP contribution >= 0.6 is 0 Å². The minimum Gasteiger partial charge on any atom is -0.309 e. The van der Waals surface area contributed by atoms with Crippen LogP contribution in [0.15, 0.2) is 243 Å². The van der Waals surface area contributed by atoms with Gasteiger partial charge in [-0.2, -0.15) is 0 Å². The van der Waals surface area contributed by atoms with Crippen molar-refractivity contribution in [2.45, 2.75) is 6.92 Å². The zero-order chi connectivity index (χ0) is 50.7. The average molecular weight is 975 g/mol. The molecule has 8 nitrogen and oxygen atoms in total. The number of para-hydroxylation sites is 3. The van der Waals surface area contributed by atoms with E-state index in [2.05, 4.69) is 231 Å². The molecule has 0 aliphatic carbocycles. The third kappa shape index (κ3) is 7.42. The minimum absolute atomic E-state index is 0.477. The average Bonchev–Trinajstić information content (AvgIpc) is 4.24. The van der Waals surface area contributed by atoms with Gasteiger partial charge in [0.1, 0.15) is 11.4 Å². The van der Waals surface area contributed by atoms with Crippen LogP contribution in [0.4, 0.5) is 0 Å². The van der Waals surface area contributed by atoms with Crippen LogP contribution in [0.1, 0.15) is 6.92 Å². The molecule has 0 aliphatic rings. The Labute approximate surface area is 437 Å². The number of hydrogen-bond acceptors (Lipinski definition) is 5. The van der Waals surface area contributed by atoms with Crippen LogP contribution in [-0.4, -0.2) is 38.6 Å². The van der Waals surface area contributed by atoms with E-state index < -0.39 is 0 Å². The van der Waals surface area contributed by atoms with Crippen LogP contribution in [-0.2, 0) is 0 Å². The summed E-state index contributed by atoms with van der Waals surface area (Å²) in [7, 11) is 0. The summed E-state index contributed by atoms with van der Waals surface area (Å²) >= 11 is 0. The van der Waals surface area contributed by atoms with E-state index in [-0.39, 0.29) is 0 Å². The van der Waals surface area contributed by atoms with E-state index in [1.807, 2.05) is 42.5 Å². The van der Waals surface area contributed by atoms with E-state index in [0.29, 0.717) is 28.9 Å². The number of rotatable bonds is 9. The second-order valence-corrected chi connectivity index (χ2v) is 18.9. The molecule has 76 heavy (non-hydrogen) atoms. The Kier molecular flexibility index (Phi) is 10.7. The van der Waals surface area contributed by atoms with Crippen LogP contribution < -0.4 is 10.6 Å². The predicted molar refractivity (Wildman–Crippen MR) is 312 cm³/mol.